The highest BCUT2D eigenvalue weighted by Crippen LogP contribution is 2.39. The molecule has 0 radical (unpaired) electrons. The molecule has 2 nitrogen and oxygen atoms in total. The number of hydrogen-bond donors (Lipinski definition) is 0. The molecule has 0 saturated carbocycles. The van der Waals surface area contributed by atoms with Gasteiger partial charge in [0.05, 0.1) is 11.2 Å². The third-order valence-corrected chi connectivity index (χ3v) is 4.91. The molecular formula is C19H28BFO2. The molecular weight excluding hydrogens is 290 g/mol. The minimum Gasteiger partial charge on any atom is -0.398 e. The molecule has 1 aromatic carbocycles. The smallest absolute Gasteiger partial charge is 0.398 e. The number of aryl methyl sites for hydroxylation is 1. The molecule has 0 unspecified atom stereocenters. The van der Waals surface area contributed by atoms with Gasteiger partial charge in [-0.1, -0.05) is 44.2 Å². The summed E-state index contributed by atoms with van der Waals surface area (Å²) in [5, 5.41) is 0. The molecule has 1 heterocycles. The van der Waals surface area contributed by atoms with Crippen molar-refractivity contribution in [2.75, 3.05) is 0 Å². The number of halogens is 1. The second-order valence-corrected chi connectivity index (χ2v) is 8.21. The van der Waals surface area contributed by atoms with Crippen LogP contribution in [0.5, 0.6) is 0 Å². The van der Waals surface area contributed by atoms with Crippen LogP contribution in [-0.4, -0.2) is 18.3 Å². The molecule has 2 rings (SSSR count). The van der Waals surface area contributed by atoms with Crippen molar-refractivity contribution >= 4 is 7.12 Å². The molecule has 1 fully saturated rings. The third kappa shape index (κ3) is 4.05. The van der Waals surface area contributed by atoms with Gasteiger partial charge in [0.15, 0.2) is 0 Å². The zero-order valence-corrected chi connectivity index (χ0v) is 15.4. The first-order valence-corrected chi connectivity index (χ1v) is 8.22. The van der Waals surface area contributed by atoms with Crippen molar-refractivity contribution in [1.29, 1.82) is 0 Å². The summed E-state index contributed by atoms with van der Waals surface area (Å²) in [6.45, 7) is 13.9. The summed E-state index contributed by atoms with van der Waals surface area (Å²) < 4.78 is 26.3. The first-order chi connectivity index (χ1) is 10.4. The number of allylic oxidation sites excluding steroid dienone is 1. The highest BCUT2D eigenvalue weighted by molar-refractivity contribution is 6.53. The lowest BCUT2D eigenvalue weighted by atomic mass is 9.78. The minimum absolute atomic E-state index is 0.320. The Bertz CT molecular complexity index is 589. The molecule has 1 aliphatic heterocycles. The summed E-state index contributed by atoms with van der Waals surface area (Å²) in [5.41, 5.74) is 0.744. The van der Waals surface area contributed by atoms with Gasteiger partial charge >= 0.3 is 7.12 Å². The van der Waals surface area contributed by atoms with E-state index in [0.29, 0.717) is 0 Å². The molecule has 126 valence electrons. The topological polar surface area (TPSA) is 18.5 Å². The highest BCUT2D eigenvalue weighted by Gasteiger charge is 2.53. The van der Waals surface area contributed by atoms with Gasteiger partial charge in [0, 0.05) is 0 Å². The van der Waals surface area contributed by atoms with Crippen molar-refractivity contribution in [3.63, 3.8) is 0 Å². The standard InChI is InChI=1S/C19H28BFO2/c1-14-10-8-9-11-15(14)12-17(2,3)13-16(21)20-22-18(4,5)19(6,7)23-20/h8-11,13H,12H2,1-7H3. The van der Waals surface area contributed by atoms with E-state index in [1.807, 2.05) is 53.7 Å². The van der Waals surface area contributed by atoms with Crippen LogP contribution in [-0.2, 0) is 15.7 Å². The van der Waals surface area contributed by atoms with Gasteiger partial charge in [-0.3, -0.25) is 0 Å². The van der Waals surface area contributed by atoms with Gasteiger partial charge in [-0.15, -0.1) is 0 Å². The van der Waals surface area contributed by atoms with E-state index in [9.17, 15) is 4.39 Å². The maximum absolute atomic E-state index is 14.7. The van der Waals surface area contributed by atoms with Gasteiger partial charge < -0.3 is 9.31 Å². The van der Waals surface area contributed by atoms with Gasteiger partial charge in [-0.05, 0) is 57.6 Å². The zero-order chi connectivity index (χ0) is 17.5. The molecule has 23 heavy (non-hydrogen) atoms. The van der Waals surface area contributed by atoms with Crippen LogP contribution >= 0.6 is 0 Å². The van der Waals surface area contributed by atoms with E-state index in [2.05, 4.69) is 19.1 Å². The average Bonchev–Trinajstić information content (AvgIpc) is 2.61. The van der Waals surface area contributed by atoms with E-state index < -0.39 is 18.3 Å². The third-order valence-electron chi connectivity index (χ3n) is 4.91. The summed E-state index contributed by atoms with van der Waals surface area (Å²) in [4.78, 5) is 0. The Hall–Kier alpha value is -1.13. The zero-order valence-electron chi connectivity index (χ0n) is 15.4. The fourth-order valence-corrected chi connectivity index (χ4v) is 2.75. The first kappa shape index (κ1) is 18.2. The quantitative estimate of drug-likeness (QED) is 0.723. The lowest BCUT2D eigenvalue weighted by Gasteiger charge is -2.32. The largest absolute Gasteiger partial charge is 0.524 e. The normalized spacial score (nSPS) is 20.9. The summed E-state index contributed by atoms with van der Waals surface area (Å²) in [6, 6.07) is 8.22. The maximum atomic E-state index is 14.7. The van der Waals surface area contributed by atoms with Crippen LogP contribution in [0.4, 0.5) is 4.39 Å². The van der Waals surface area contributed by atoms with E-state index >= 15 is 0 Å². The van der Waals surface area contributed by atoms with Gasteiger partial charge in [-0.25, -0.2) is 4.39 Å². The summed E-state index contributed by atoms with van der Waals surface area (Å²) in [7, 11) is -0.920. The number of hydrogen-bond acceptors (Lipinski definition) is 2. The van der Waals surface area contributed by atoms with Crippen molar-refractivity contribution in [2.45, 2.75) is 66.1 Å². The van der Waals surface area contributed by atoms with Crippen LogP contribution < -0.4 is 0 Å². The summed E-state index contributed by atoms with van der Waals surface area (Å²) in [6.07, 6.45) is 2.41. The Morgan fingerprint density at radius 3 is 2.17 bits per heavy atom. The second kappa shape index (κ2) is 6.06. The van der Waals surface area contributed by atoms with Gasteiger partial charge in [0.25, 0.3) is 0 Å². The molecule has 0 atom stereocenters. The van der Waals surface area contributed by atoms with Crippen molar-refractivity contribution in [3.05, 3.63) is 47.2 Å². The molecule has 1 aliphatic rings. The fourth-order valence-electron chi connectivity index (χ4n) is 2.75. The predicted octanol–water partition coefficient (Wildman–Crippen LogP) is 5.05. The Morgan fingerprint density at radius 1 is 1.13 bits per heavy atom. The van der Waals surface area contributed by atoms with Crippen LogP contribution in [0.2, 0.25) is 0 Å². The van der Waals surface area contributed by atoms with E-state index in [1.165, 1.54) is 11.1 Å². The second-order valence-electron chi connectivity index (χ2n) is 8.21. The monoisotopic (exact) mass is 318 g/mol. The van der Waals surface area contributed by atoms with Crippen LogP contribution in [0, 0.1) is 12.3 Å². The lowest BCUT2D eigenvalue weighted by molar-refractivity contribution is 0.00578. The van der Waals surface area contributed by atoms with Crippen LogP contribution in [0.1, 0.15) is 52.7 Å². The van der Waals surface area contributed by atoms with Gasteiger partial charge in [0.2, 0.25) is 0 Å². The molecule has 0 spiro atoms. The van der Waals surface area contributed by atoms with Crippen LogP contribution in [0.15, 0.2) is 36.1 Å². The van der Waals surface area contributed by atoms with E-state index in [0.717, 1.165) is 6.42 Å². The first-order valence-electron chi connectivity index (χ1n) is 8.22. The predicted molar refractivity (Wildman–Crippen MR) is 93.9 cm³/mol. The fraction of sp³-hybridized carbons (Fsp3) is 0.579. The van der Waals surface area contributed by atoms with Gasteiger partial charge in [-0.2, -0.15) is 0 Å². The number of rotatable bonds is 4. The molecule has 0 N–H and O–H groups in total. The van der Waals surface area contributed by atoms with Crippen LogP contribution in [0.3, 0.4) is 0 Å². The van der Waals surface area contributed by atoms with Crippen molar-refractivity contribution in [2.24, 2.45) is 5.41 Å². The molecule has 0 aromatic heterocycles. The van der Waals surface area contributed by atoms with E-state index in [1.54, 1.807) is 6.08 Å². The maximum Gasteiger partial charge on any atom is 0.524 e. The summed E-state index contributed by atoms with van der Waals surface area (Å²) in [5.74, 6) is 0. The van der Waals surface area contributed by atoms with Crippen molar-refractivity contribution < 1.29 is 13.7 Å². The van der Waals surface area contributed by atoms with Crippen molar-refractivity contribution in [1.82, 2.24) is 0 Å². The Morgan fingerprint density at radius 2 is 1.65 bits per heavy atom. The Balaban J connectivity index is 2.15. The molecule has 4 heteroatoms. The van der Waals surface area contributed by atoms with E-state index in [-0.39, 0.29) is 11.1 Å². The molecule has 0 bridgehead atoms. The Kier molecular flexibility index (Phi) is 4.80. The molecule has 0 aliphatic carbocycles. The Labute approximate surface area is 140 Å². The summed E-state index contributed by atoms with van der Waals surface area (Å²) >= 11 is 0. The molecule has 0 amide bonds. The van der Waals surface area contributed by atoms with Crippen LogP contribution in [0.25, 0.3) is 0 Å². The average molecular weight is 318 g/mol. The molecule has 1 saturated heterocycles. The lowest BCUT2D eigenvalue weighted by Crippen LogP contribution is -2.41. The van der Waals surface area contributed by atoms with E-state index in [4.69, 9.17) is 9.31 Å². The minimum atomic E-state index is -0.920. The highest BCUT2D eigenvalue weighted by atomic mass is 19.1. The van der Waals surface area contributed by atoms with Crippen molar-refractivity contribution in [3.8, 4) is 0 Å². The SMILES string of the molecule is Cc1ccccc1CC(C)(C)C=C(F)B1OC(C)(C)C(C)(C)O1. The molecule has 1 aromatic rings. The van der Waals surface area contributed by atoms with Gasteiger partial charge in [0.1, 0.15) is 5.73 Å². The number of benzene rings is 1.